The lowest BCUT2D eigenvalue weighted by Gasteiger charge is -2.35. The van der Waals surface area contributed by atoms with E-state index in [9.17, 15) is 4.79 Å². The van der Waals surface area contributed by atoms with Crippen molar-refractivity contribution in [3.8, 4) is 5.69 Å². The Hall–Kier alpha value is -2.18. The second-order valence-corrected chi connectivity index (χ2v) is 6.73. The van der Waals surface area contributed by atoms with Crippen LogP contribution in [0.2, 0.25) is 0 Å². The highest BCUT2D eigenvalue weighted by atomic mass is 16.5. The summed E-state index contributed by atoms with van der Waals surface area (Å²) in [5.74, 6) is 0.175. The van der Waals surface area contributed by atoms with Crippen LogP contribution in [-0.2, 0) is 16.1 Å². The molecule has 1 aromatic heterocycles. The van der Waals surface area contributed by atoms with Crippen LogP contribution in [-0.4, -0.2) is 64.4 Å². The summed E-state index contributed by atoms with van der Waals surface area (Å²) in [5.41, 5.74) is 2.27. The highest BCUT2D eigenvalue weighted by Gasteiger charge is 2.30. The Morgan fingerprint density at radius 3 is 2.68 bits per heavy atom. The molecule has 0 saturated carbocycles. The third kappa shape index (κ3) is 3.75. The molecule has 2 saturated heterocycles. The smallest absolute Gasteiger partial charge is 0.251 e. The number of amides is 1. The number of benzene rings is 1. The molecule has 25 heavy (non-hydrogen) atoms. The molecular weight excluding hydrogens is 316 g/mol. The van der Waals surface area contributed by atoms with E-state index in [4.69, 9.17) is 4.74 Å². The number of para-hydroxylation sites is 1. The van der Waals surface area contributed by atoms with E-state index < -0.39 is 0 Å². The normalized spacial score (nSPS) is 21.6. The number of carbonyl (C=O) groups is 1. The summed E-state index contributed by atoms with van der Waals surface area (Å²) in [6.07, 6.45) is 5.69. The zero-order chi connectivity index (χ0) is 17.1. The molecule has 2 aliphatic rings. The van der Waals surface area contributed by atoms with Crippen molar-refractivity contribution in [3.63, 3.8) is 0 Å². The van der Waals surface area contributed by atoms with E-state index in [0.29, 0.717) is 0 Å². The van der Waals surface area contributed by atoms with Gasteiger partial charge in [-0.2, -0.15) is 5.10 Å². The molecule has 6 nitrogen and oxygen atoms in total. The number of rotatable bonds is 4. The molecule has 1 atom stereocenters. The summed E-state index contributed by atoms with van der Waals surface area (Å²) in [6.45, 7) is 4.96. The molecule has 1 aromatic carbocycles. The van der Waals surface area contributed by atoms with Crippen molar-refractivity contribution in [2.45, 2.75) is 25.5 Å². The lowest BCUT2D eigenvalue weighted by molar-refractivity contribution is -0.142. The summed E-state index contributed by atoms with van der Waals surface area (Å²) < 4.78 is 7.43. The predicted octanol–water partition coefficient (Wildman–Crippen LogP) is 1.70. The third-order valence-corrected chi connectivity index (χ3v) is 4.95. The van der Waals surface area contributed by atoms with E-state index in [1.807, 2.05) is 46.1 Å². The van der Waals surface area contributed by atoms with Gasteiger partial charge in [0, 0.05) is 51.1 Å². The maximum Gasteiger partial charge on any atom is 0.251 e. The number of hydrogen-bond acceptors (Lipinski definition) is 4. The van der Waals surface area contributed by atoms with Gasteiger partial charge in [0.1, 0.15) is 6.10 Å². The van der Waals surface area contributed by atoms with E-state index >= 15 is 0 Å². The second kappa shape index (κ2) is 7.37. The molecule has 0 N–H and O–H groups in total. The van der Waals surface area contributed by atoms with E-state index in [0.717, 1.165) is 57.9 Å². The first-order valence-electron chi connectivity index (χ1n) is 9.01. The Kier molecular flexibility index (Phi) is 4.81. The molecule has 0 spiro atoms. The monoisotopic (exact) mass is 340 g/mol. The molecule has 6 heteroatoms. The van der Waals surface area contributed by atoms with Gasteiger partial charge >= 0.3 is 0 Å². The van der Waals surface area contributed by atoms with E-state index in [-0.39, 0.29) is 12.0 Å². The Labute approximate surface area is 148 Å². The topological polar surface area (TPSA) is 50.6 Å². The van der Waals surface area contributed by atoms with Gasteiger partial charge < -0.3 is 9.64 Å². The number of hydrogen-bond donors (Lipinski definition) is 0. The van der Waals surface area contributed by atoms with Crippen molar-refractivity contribution in [1.82, 2.24) is 19.6 Å². The number of nitrogens with zero attached hydrogens (tertiary/aromatic N) is 4. The zero-order valence-electron chi connectivity index (χ0n) is 14.4. The van der Waals surface area contributed by atoms with Gasteiger partial charge in [-0.25, -0.2) is 4.68 Å². The van der Waals surface area contributed by atoms with Crippen molar-refractivity contribution in [2.75, 3.05) is 32.8 Å². The Bertz CT molecular complexity index is 701. The minimum atomic E-state index is -0.198. The van der Waals surface area contributed by atoms with E-state index in [2.05, 4.69) is 16.2 Å². The summed E-state index contributed by atoms with van der Waals surface area (Å²) in [6, 6.07) is 10.1. The fourth-order valence-corrected chi connectivity index (χ4v) is 3.52. The van der Waals surface area contributed by atoms with Crippen molar-refractivity contribution in [2.24, 2.45) is 0 Å². The van der Waals surface area contributed by atoms with Gasteiger partial charge in [0.2, 0.25) is 0 Å². The molecule has 4 rings (SSSR count). The molecule has 2 aromatic rings. The van der Waals surface area contributed by atoms with Crippen molar-refractivity contribution >= 4 is 5.91 Å². The van der Waals surface area contributed by atoms with Crippen LogP contribution in [0.5, 0.6) is 0 Å². The zero-order valence-corrected chi connectivity index (χ0v) is 14.4. The van der Waals surface area contributed by atoms with Gasteiger partial charge in [-0.1, -0.05) is 18.2 Å². The predicted molar refractivity (Wildman–Crippen MR) is 94.4 cm³/mol. The van der Waals surface area contributed by atoms with Crippen LogP contribution < -0.4 is 0 Å². The van der Waals surface area contributed by atoms with Gasteiger partial charge in [0.25, 0.3) is 5.91 Å². The Morgan fingerprint density at radius 2 is 1.96 bits per heavy atom. The Balaban J connectivity index is 1.30. The summed E-state index contributed by atoms with van der Waals surface area (Å²) in [5, 5.41) is 4.46. The second-order valence-electron chi connectivity index (χ2n) is 6.73. The minimum Gasteiger partial charge on any atom is -0.368 e. The lowest BCUT2D eigenvalue weighted by atomic mass is 10.2. The molecule has 0 aliphatic carbocycles. The van der Waals surface area contributed by atoms with Crippen LogP contribution in [0.15, 0.2) is 42.7 Å². The first-order chi connectivity index (χ1) is 12.3. The fourth-order valence-electron chi connectivity index (χ4n) is 3.52. The highest BCUT2D eigenvalue weighted by molar-refractivity contribution is 5.81. The highest BCUT2D eigenvalue weighted by Crippen LogP contribution is 2.17. The van der Waals surface area contributed by atoms with Crippen LogP contribution in [0.3, 0.4) is 0 Å². The SMILES string of the molecule is O=C(C1CCCO1)N1CCN(Cc2cnn(-c3ccccc3)c2)CC1. The largest absolute Gasteiger partial charge is 0.368 e. The quantitative estimate of drug-likeness (QED) is 0.850. The first-order valence-corrected chi connectivity index (χ1v) is 9.01. The van der Waals surface area contributed by atoms with Gasteiger partial charge in [-0.05, 0) is 25.0 Å². The molecule has 3 heterocycles. The van der Waals surface area contributed by atoms with Crippen LogP contribution in [0.4, 0.5) is 0 Å². The van der Waals surface area contributed by atoms with Gasteiger partial charge in [0.15, 0.2) is 0 Å². The van der Waals surface area contributed by atoms with Crippen LogP contribution >= 0.6 is 0 Å². The molecular formula is C19H24N4O2. The fraction of sp³-hybridized carbons (Fsp3) is 0.474. The average molecular weight is 340 g/mol. The molecule has 0 radical (unpaired) electrons. The number of ether oxygens (including phenoxy) is 1. The molecule has 0 bridgehead atoms. The summed E-state index contributed by atoms with van der Waals surface area (Å²) in [4.78, 5) is 16.7. The maximum absolute atomic E-state index is 12.4. The standard InChI is InChI=1S/C19H24N4O2/c24-19(18-7-4-12-25-18)22-10-8-21(9-11-22)14-16-13-20-23(15-16)17-5-2-1-3-6-17/h1-3,5-6,13,15,18H,4,7-12,14H2. The number of aromatic nitrogens is 2. The number of carbonyl (C=O) groups excluding carboxylic acids is 1. The van der Waals surface area contributed by atoms with Crippen LogP contribution in [0.1, 0.15) is 18.4 Å². The van der Waals surface area contributed by atoms with Crippen LogP contribution in [0, 0.1) is 0 Å². The molecule has 1 unspecified atom stereocenters. The van der Waals surface area contributed by atoms with Crippen molar-refractivity contribution < 1.29 is 9.53 Å². The minimum absolute atomic E-state index is 0.175. The van der Waals surface area contributed by atoms with Gasteiger partial charge in [-0.15, -0.1) is 0 Å². The van der Waals surface area contributed by atoms with Gasteiger partial charge in [0.05, 0.1) is 11.9 Å². The van der Waals surface area contributed by atoms with Crippen LogP contribution in [0.25, 0.3) is 5.69 Å². The van der Waals surface area contributed by atoms with E-state index in [1.165, 1.54) is 5.56 Å². The molecule has 2 aliphatic heterocycles. The summed E-state index contributed by atoms with van der Waals surface area (Å²) in [7, 11) is 0. The molecule has 2 fully saturated rings. The summed E-state index contributed by atoms with van der Waals surface area (Å²) >= 11 is 0. The Morgan fingerprint density at radius 1 is 1.16 bits per heavy atom. The molecule has 132 valence electrons. The first kappa shape index (κ1) is 16.3. The lowest BCUT2D eigenvalue weighted by Crippen LogP contribution is -2.51. The van der Waals surface area contributed by atoms with Gasteiger partial charge in [-0.3, -0.25) is 9.69 Å². The van der Waals surface area contributed by atoms with Crippen molar-refractivity contribution in [1.29, 1.82) is 0 Å². The number of piperazine rings is 1. The maximum atomic E-state index is 12.4. The third-order valence-electron chi connectivity index (χ3n) is 4.95. The average Bonchev–Trinajstić information content (AvgIpc) is 3.35. The van der Waals surface area contributed by atoms with Crippen molar-refractivity contribution in [3.05, 3.63) is 48.3 Å². The molecule has 1 amide bonds. The van der Waals surface area contributed by atoms with E-state index in [1.54, 1.807) is 0 Å².